The summed E-state index contributed by atoms with van der Waals surface area (Å²) in [5.74, 6) is -0.328. The molecule has 0 bridgehead atoms. The maximum absolute atomic E-state index is 11.5. The quantitative estimate of drug-likeness (QED) is 0.869. The van der Waals surface area contributed by atoms with Gasteiger partial charge in [-0.25, -0.2) is 9.78 Å². The van der Waals surface area contributed by atoms with Crippen molar-refractivity contribution in [2.24, 2.45) is 0 Å². The molecule has 1 N–H and O–H groups in total. The Morgan fingerprint density at radius 1 is 1.47 bits per heavy atom. The largest absolute Gasteiger partial charge is 0.465 e. The predicted molar refractivity (Wildman–Crippen MR) is 76.7 cm³/mol. The van der Waals surface area contributed by atoms with Crippen LogP contribution in [0.2, 0.25) is 0 Å². The highest BCUT2D eigenvalue weighted by molar-refractivity contribution is 7.09. The molecule has 0 aliphatic carbocycles. The van der Waals surface area contributed by atoms with Crippen LogP contribution in [0.1, 0.15) is 33.9 Å². The lowest BCUT2D eigenvalue weighted by atomic mass is 10.1. The Balaban J connectivity index is 2.15. The summed E-state index contributed by atoms with van der Waals surface area (Å²) in [6.07, 6.45) is 0. The monoisotopic (exact) mass is 276 g/mol. The van der Waals surface area contributed by atoms with Crippen molar-refractivity contribution in [1.29, 1.82) is 0 Å². The Kier molecular flexibility index (Phi) is 4.16. The number of ether oxygens (including phenoxy) is 1. The molecule has 19 heavy (non-hydrogen) atoms. The van der Waals surface area contributed by atoms with Crippen molar-refractivity contribution in [1.82, 2.24) is 4.98 Å². The Hall–Kier alpha value is -1.88. The zero-order chi connectivity index (χ0) is 13.8. The van der Waals surface area contributed by atoms with Crippen molar-refractivity contribution in [3.8, 4) is 0 Å². The molecule has 0 aliphatic heterocycles. The van der Waals surface area contributed by atoms with Crippen LogP contribution < -0.4 is 5.32 Å². The molecule has 2 aromatic rings. The lowest BCUT2D eigenvalue weighted by Gasteiger charge is -2.14. The standard InChI is InChI=1S/C14H16N2O2S/c1-9-13(19-8-15-9)10(2)16-12-6-4-5-11(7-12)14(17)18-3/h4-8,10,16H,1-3H3. The van der Waals surface area contributed by atoms with Gasteiger partial charge in [-0.15, -0.1) is 11.3 Å². The molecule has 0 amide bonds. The average molecular weight is 276 g/mol. The fourth-order valence-electron chi connectivity index (χ4n) is 1.90. The zero-order valence-electron chi connectivity index (χ0n) is 11.1. The normalized spacial score (nSPS) is 11.9. The number of hydrogen-bond donors (Lipinski definition) is 1. The molecule has 1 unspecified atom stereocenters. The number of carbonyl (C=O) groups is 1. The number of nitrogens with zero attached hydrogens (tertiary/aromatic N) is 1. The van der Waals surface area contributed by atoms with Gasteiger partial charge in [-0.2, -0.15) is 0 Å². The number of carbonyl (C=O) groups excluding carboxylic acids is 1. The Labute approximate surface area is 116 Å². The molecule has 2 rings (SSSR count). The highest BCUT2D eigenvalue weighted by Gasteiger charge is 2.12. The third-order valence-electron chi connectivity index (χ3n) is 2.84. The van der Waals surface area contributed by atoms with E-state index in [0.717, 1.165) is 11.4 Å². The minimum absolute atomic E-state index is 0.153. The van der Waals surface area contributed by atoms with Crippen molar-refractivity contribution >= 4 is 23.0 Å². The molecular formula is C14H16N2O2S. The first-order chi connectivity index (χ1) is 9.11. The fourth-order valence-corrected chi connectivity index (χ4v) is 2.71. The minimum atomic E-state index is -0.328. The van der Waals surface area contributed by atoms with Gasteiger partial charge in [0.05, 0.1) is 29.9 Å². The Morgan fingerprint density at radius 3 is 2.89 bits per heavy atom. The van der Waals surface area contributed by atoms with E-state index >= 15 is 0 Å². The Morgan fingerprint density at radius 2 is 2.26 bits per heavy atom. The van der Waals surface area contributed by atoms with E-state index in [-0.39, 0.29) is 12.0 Å². The summed E-state index contributed by atoms with van der Waals surface area (Å²) in [5, 5.41) is 3.37. The highest BCUT2D eigenvalue weighted by atomic mass is 32.1. The number of rotatable bonds is 4. The summed E-state index contributed by atoms with van der Waals surface area (Å²) >= 11 is 1.63. The minimum Gasteiger partial charge on any atom is -0.465 e. The Bertz CT molecular complexity index is 580. The molecule has 4 nitrogen and oxygen atoms in total. The molecule has 0 fully saturated rings. The molecule has 100 valence electrons. The van der Waals surface area contributed by atoms with Gasteiger partial charge in [-0.3, -0.25) is 0 Å². The lowest BCUT2D eigenvalue weighted by Crippen LogP contribution is -2.08. The summed E-state index contributed by atoms with van der Waals surface area (Å²) in [7, 11) is 1.38. The highest BCUT2D eigenvalue weighted by Crippen LogP contribution is 2.25. The summed E-state index contributed by atoms with van der Waals surface area (Å²) in [6.45, 7) is 4.07. The molecular weight excluding hydrogens is 260 g/mol. The van der Waals surface area contributed by atoms with Gasteiger partial charge < -0.3 is 10.1 Å². The van der Waals surface area contributed by atoms with Crippen molar-refractivity contribution in [3.05, 3.63) is 45.9 Å². The maximum atomic E-state index is 11.5. The number of nitrogens with one attached hydrogen (secondary N) is 1. The number of thiazole rings is 1. The van der Waals surface area contributed by atoms with Gasteiger partial charge >= 0.3 is 5.97 Å². The van der Waals surface area contributed by atoms with Crippen LogP contribution in [0, 0.1) is 6.92 Å². The number of aryl methyl sites for hydroxylation is 1. The van der Waals surface area contributed by atoms with E-state index in [4.69, 9.17) is 4.74 Å². The van der Waals surface area contributed by atoms with Crippen LogP contribution in [0.5, 0.6) is 0 Å². The number of benzene rings is 1. The third-order valence-corrected chi connectivity index (χ3v) is 3.96. The van der Waals surface area contributed by atoms with Crippen LogP contribution in [0.3, 0.4) is 0 Å². The van der Waals surface area contributed by atoms with Crippen LogP contribution in [0.4, 0.5) is 5.69 Å². The number of hydrogen-bond acceptors (Lipinski definition) is 5. The third kappa shape index (κ3) is 3.12. The van der Waals surface area contributed by atoms with Gasteiger partial charge in [0.1, 0.15) is 0 Å². The van der Waals surface area contributed by atoms with Gasteiger partial charge in [-0.1, -0.05) is 6.07 Å². The van der Waals surface area contributed by atoms with Gasteiger partial charge in [0, 0.05) is 10.6 Å². The number of anilines is 1. The smallest absolute Gasteiger partial charge is 0.337 e. The molecule has 1 heterocycles. The van der Waals surface area contributed by atoms with Gasteiger partial charge in [-0.05, 0) is 32.0 Å². The topological polar surface area (TPSA) is 51.2 Å². The van der Waals surface area contributed by atoms with E-state index < -0.39 is 0 Å². The van der Waals surface area contributed by atoms with E-state index in [1.807, 2.05) is 24.6 Å². The summed E-state index contributed by atoms with van der Waals surface area (Å²) in [4.78, 5) is 16.9. The molecule has 0 saturated heterocycles. The number of methoxy groups -OCH3 is 1. The fraction of sp³-hybridized carbons (Fsp3) is 0.286. The first-order valence-electron chi connectivity index (χ1n) is 5.96. The van der Waals surface area contributed by atoms with E-state index in [9.17, 15) is 4.79 Å². The molecule has 1 aromatic carbocycles. The van der Waals surface area contributed by atoms with Crippen molar-refractivity contribution in [2.75, 3.05) is 12.4 Å². The van der Waals surface area contributed by atoms with E-state index in [1.54, 1.807) is 23.5 Å². The van der Waals surface area contributed by atoms with Crippen LogP contribution in [0.25, 0.3) is 0 Å². The van der Waals surface area contributed by atoms with E-state index in [2.05, 4.69) is 17.2 Å². The molecule has 0 spiro atoms. The lowest BCUT2D eigenvalue weighted by molar-refractivity contribution is 0.0601. The van der Waals surface area contributed by atoms with Crippen LogP contribution >= 0.6 is 11.3 Å². The maximum Gasteiger partial charge on any atom is 0.337 e. The van der Waals surface area contributed by atoms with Crippen LogP contribution in [-0.4, -0.2) is 18.1 Å². The van der Waals surface area contributed by atoms with Crippen LogP contribution in [-0.2, 0) is 4.74 Å². The molecule has 5 heteroatoms. The SMILES string of the molecule is COC(=O)c1cccc(NC(C)c2scnc2C)c1. The molecule has 0 aliphatic rings. The predicted octanol–water partition coefficient (Wildman–Crippen LogP) is 3.41. The van der Waals surface area contributed by atoms with Crippen molar-refractivity contribution < 1.29 is 9.53 Å². The van der Waals surface area contributed by atoms with E-state index in [0.29, 0.717) is 5.56 Å². The summed E-state index contributed by atoms with van der Waals surface area (Å²) in [6, 6.07) is 7.44. The molecule has 0 saturated carbocycles. The second kappa shape index (κ2) is 5.84. The van der Waals surface area contributed by atoms with Gasteiger partial charge in [0.25, 0.3) is 0 Å². The average Bonchev–Trinajstić information content (AvgIpc) is 2.84. The first-order valence-corrected chi connectivity index (χ1v) is 6.84. The summed E-state index contributed by atoms with van der Waals surface area (Å²) < 4.78 is 4.71. The van der Waals surface area contributed by atoms with Gasteiger partial charge in [0.15, 0.2) is 0 Å². The molecule has 1 aromatic heterocycles. The zero-order valence-corrected chi connectivity index (χ0v) is 12.0. The van der Waals surface area contributed by atoms with Gasteiger partial charge in [0.2, 0.25) is 0 Å². The van der Waals surface area contributed by atoms with Crippen molar-refractivity contribution in [3.63, 3.8) is 0 Å². The molecule has 0 radical (unpaired) electrons. The number of aromatic nitrogens is 1. The second-order valence-corrected chi connectivity index (χ2v) is 5.13. The second-order valence-electron chi connectivity index (χ2n) is 4.24. The first kappa shape index (κ1) is 13.5. The number of esters is 1. The summed E-state index contributed by atoms with van der Waals surface area (Å²) in [5.41, 5.74) is 4.31. The van der Waals surface area contributed by atoms with Crippen LogP contribution in [0.15, 0.2) is 29.8 Å². The van der Waals surface area contributed by atoms with Crippen molar-refractivity contribution in [2.45, 2.75) is 19.9 Å². The van der Waals surface area contributed by atoms with E-state index in [1.165, 1.54) is 12.0 Å². The molecule has 1 atom stereocenters.